The number of anilines is 1. The van der Waals surface area contributed by atoms with Crippen LogP contribution in [0.3, 0.4) is 0 Å². The molecule has 1 amide bonds. The molecule has 1 heterocycles. The number of hydrogen-bond acceptors (Lipinski definition) is 4. The summed E-state index contributed by atoms with van der Waals surface area (Å²) in [6, 6.07) is 7.90. The normalized spacial score (nSPS) is 19.7. The lowest BCUT2D eigenvalue weighted by atomic mass is 10.2. The van der Waals surface area contributed by atoms with Crippen LogP contribution in [0.25, 0.3) is 11.3 Å². The summed E-state index contributed by atoms with van der Waals surface area (Å²) < 4.78 is 5.57. The maximum Gasteiger partial charge on any atom is 0.229 e. The van der Waals surface area contributed by atoms with Crippen molar-refractivity contribution >= 4 is 22.4 Å². The summed E-state index contributed by atoms with van der Waals surface area (Å²) in [7, 11) is 0. The zero-order valence-corrected chi connectivity index (χ0v) is 13.7. The molecule has 0 radical (unpaired) electrons. The van der Waals surface area contributed by atoms with Crippen LogP contribution in [0.5, 0.6) is 5.75 Å². The van der Waals surface area contributed by atoms with E-state index < -0.39 is 0 Å². The Bertz CT molecular complexity index is 651. The van der Waals surface area contributed by atoms with Crippen molar-refractivity contribution in [3.63, 3.8) is 0 Å². The minimum absolute atomic E-state index is 0.0942. The summed E-state index contributed by atoms with van der Waals surface area (Å²) >= 11 is 1.46. The molecule has 2 atom stereocenters. The fraction of sp³-hybridized carbons (Fsp3) is 0.412. The van der Waals surface area contributed by atoms with Gasteiger partial charge in [0.25, 0.3) is 0 Å². The highest BCUT2D eigenvalue weighted by molar-refractivity contribution is 7.14. The van der Waals surface area contributed by atoms with Gasteiger partial charge < -0.3 is 10.1 Å². The van der Waals surface area contributed by atoms with Gasteiger partial charge in [0, 0.05) is 16.9 Å². The summed E-state index contributed by atoms with van der Waals surface area (Å²) in [5.41, 5.74) is 1.91. The summed E-state index contributed by atoms with van der Waals surface area (Å²) in [5.74, 6) is 1.64. The van der Waals surface area contributed by atoms with Crippen LogP contribution in [-0.2, 0) is 4.79 Å². The highest BCUT2D eigenvalue weighted by Crippen LogP contribution is 2.38. The van der Waals surface area contributed by atoms with E-state index >= 15 is 0 Å². The Morgan fingerprint density at radius 3 is 2.77 bits per heavy atom. The van der Waals surface area contributed by atoms with Crippen molar-refractivity contribution in [2.45, 2.75) is 26.7 Å². The molecule has 4 nitrogen and oxygen atoms in total. The average Bonchev–Trinajstić information content (AvgIpc) is 3.08. The molecule has 1 N–H and O–H groups in total. The first-order valence-electron chi connectivity index (χ1n) is 7.67. The van der Waals surface area contributed by atoms with Crippen molar-refractivity contribution in [2.75, 3.05) is 11.9 Å². The number of benzene rings is 1. The monoisotopic (exact) mass is 316 g/mol. The summed E-state index contributed by atoms with van der Waals surface area (Å²) in [4.78, 5) is 16.4. The van der Waals surface area contributed by atoms with Gasteiger partial charge in [-0.1, -0.05) is 13.8 Å². The molecule has 0 aliphatic heterocycles. The molecule has 116 valence electrons. The van der Waals surface area contributed by atoms with Crippen LogP contribution < -0.4 is 10.1 Å². The van der Waals surface area contributed by atoms with E-state index in [2.05, 4.69) is 24.1 Å². The number of carbonyl (C=O) groups is 1. The number of nitrogens with zero attached hydrogens (tertiary/aromatic N) is 1. The number of aromatic nitrogens is 1. The van der Waals surface area contributed by atoms with Crippen LogP contribution in [0, 0.1) is 11.8 Å². The van der Waals surface area contributed by atoms with E-state index in [9.17, 15) is 4.79 Å². The number of carbonyl (C=O) groups excluding carboxylic acids is 1. The Morgan fingerprint density at radius 1 is 1.41 bits per heavy atom. The van der Waals surface area contributed by atoms with Gasteiger partial charge in [-0.15, -0.1) is 11.3 Å². The number of amides is 1. The molecule has 3 rings (SSSR count). The number of hydrogen-bond donors (Lipinski definition) is 1. The van der Waals surface area contributed by atoms with Gasteiger partial charge in [-0.05, 0) is 43.0 Å². The van der Waals surface area contributed by atoms with Gasteiger partial charge in [-0.2, -0.15) is 0 Å². The van der Waals surface area contributed by atoms with E-state index in [0.717, 1.165) is 36.5 Å². The quantitative estimate of drug-likeness (QED) is 0.869. The third-order valence-electron chi connectivity index (χ3n) is 3.80. The second-order valence-corrected chi connectivity index (χ2v) is 6.58. The molecule has 0 saturated heterocycles. The van der Waals surface area contributed by atoms with Crippen molar-refractivity contribution in [1.82, 2.24) is 4.98 Å². The number of ether oxygens (including phenoxy) is 1. The summed E-state index contributed by atoms with van der Waals surface area (Å²) in [6.07, 6.45) is 1.99. The lowest BCUT2D eigenvalue weighted by Crippen LogP contribution is -2.14. The van der Waals surface area contributed by atoms with Crippen molar-refractivity contribution in [2.24, 2.45) is 11.8 Å². The predicted octanol–water partition coefficient (Wildman–Crippen LogP) is 4.19. The molecule has 0 spiro atoms. The molecule has 2 aromatic rings. The zero-order valence-electron chi connectivity index (χ0n) is 12.8. The molecule has 0 bridgehead atoms. The molecule has 1 aromatic carbocycles. The third kappa shape index (κ3) is 3.47. The molecule has 1 aliphatic rings. The average molecular weight is 316 g/mol. The molecule has 0 unspecified atom stereocenters. The molecule has 1 aromatic heterocycles. The van der Waals surface area contributed by atoms with E-state index in [1.54, 1.807) is 0 Å². The van der Waals surface area contributed by atoms with Gasteiger partial charge >= 0.3 is 0 Å². The van der Waals surface area contributed by atoms with Crippen molar-refractivity contribution < 1.29 is 9.53 Å². The van der Waals surface area contributed by atoms with Crippen LogP contribution in [-0.4, -0.2) is 17.5 Å². The zero-order chi connectivity index (χ0) is 15.5. The Kier molecular flexibility index (Phi) is 4.43. The summed E-state index contributed by atoms with van der Waals surface area (Å²) in [6.45, 7) is 4.91. The smallest absolute Gasteiger partial charge is 0.229 e. The van der Waals surface area contributed by atoms with E-state index in [1.807, 2.05) is 29.6 Å². The maximum absolute atomic E-state index is 11.9. The van der Waals surface area contributed by atoms with Gasteiger partial charge in [0.1, 0.15) is 5.75 Å². The molecular formula is C17H20N2O2S. The first kappa shape index (κ1) is 15.0. The van der Waals surface area contributed by atoms with E-state index in [4.69, 9.17) is 4.74 Å². The van der Waals surface area contributed by atoms with Gasteiger partial charge in [0.05, 0.1) is 12.3 Å². The number of rotatable bonds is 6. The van der Waals surface area contributed by atoms with Gasteiger partial charge in [0.2, 0.25) is 5.91 Å². The van der Waals surface area contributed by atoms with Gasteiger partial charge in [0.15, 0.2) is 5.13 Å². The SMILES string of the molecule is CCCOc1ccc(-c2csc(NC(=O)[C@@H]3C[C@@H]3C)n2)cc1. The predicted molar refractivity (Wildman–Crippen MR) is 89.2 cm³/mol. The lowest BCUT2D eigenvalue weighted by molar-refractivity contribution is -0.117. The highest BCUT2D eigenvalue weighted by atomic mass is 32.1. The van der Waals surface area contributed by atoms with Crippen molar-refractivity contribution in [3.8, 4) is 17.0 Å². The molecule has 22 heavy (non-hydrogen) atoms. The fourth-order valence-electron chi connectivity index (χ4n) is 2.29. The third-order valence-corrected chi connectivity index (χ3v) is 4.56. The largest absolute Gasteiger partial charge is 0.494 e. The van der Waals surface area contributed by atoms with E-state index in [0.29, 0.717) is 11.0 Å². The standard InChI is InChI=1S/C17H20N2O2S/c1-3-8-21-13-6-4-12(5-7-13)15-10-22-17(18-15)19-16(20)14-9-11(14)2/h4-7,10-11,14H,3,8-9H2,1-2H3,(H,18,19,20)/t11-,14+/m0/s1. The first-order valence-corrected chi connectivity index (χ1v) is 8.55. The molecule has 5 heteroatoms. The first-order chi connectivity index (χ1) is 10.7. The van der Waals surface area contributed by atoms with Crippen molar-refractivity contribution in [1.29, 1.82) is 0 Å². The number of thiazole rings is 1. The molecular weight excluding hydrogens is 296 g/mol. The van der Waals surface area contributed by atoms with Crippen LogP contribution in [0.2, 0.25) is 0 Å². The summed E-state index contributed by atoms with van der Waals surface area (Å²) in [5, 5.41) is 5.55. The second-order valence-electron chi connectivity index (χ2n) is 5.72. The number of nitrogens with one attached hydrogen (secondary N) is 1. The fourth-order valence-corrected chi connectivity index (χ4v) is 3.01. The Hall–Kier alpha value is -1.88. The maximum atomic E-state index is 11.9. The van der Waals surface area contributed by atoms with Crippen LogP contribution in [0.15, 0.2) is 29.6 Å². The topological polar surface area (TPSA) is 51.2 Å². The second kappa shape index (κ2) is 6.48. The van der Waals surface area contributed by atoms with E-state index in [1.165, 1.54) is 11.3 Å². The molecule has 1 aliphatic carbocycles. The molecule has 1 fully saturated rings. The highest BCUT2D eigenvalue weighted by Gasteiger charge is 2.39. The lowest BCUT2D eigenvalue weighted by Gasteiger charge is -2.04. The Morgan fingerprint density at radius 2 is 2.14 bits per heavy atom. The van der Waals surface area contributed by atoms with E-state index in [-0.39, 0.29) is 11.8 Å². The van der Waals surface area contributed by atoms with Crippen LogP contribution in [0.4, 0.5) is 5.13 Å². The molecule has 1 saturated carbocycles. The van der Waals surface area contributed by atoms with Crippen LogP contribution >= 0.6 is 11.3 Å². The van der Waals surface area contributed by atoms with Gasteiger partial charge in [-0.3, -0.25) is 4.79 Å². The van der Waals surface area contributed by atoms with Crippen LogP contribution in [0.1, 0.15) is 26.7 Å². The minimum Gasteiger partial charge on any atom is -0.494 e. The minimum atomic E-state index is 0.0942. The van der Waals surface area contributed by atoms with Gasteiger partial charge in [-0.25, -0.2) is 4.98 Å². The van der Waals surface area contributed by atoms with Crippen molar-refractivity contribution in [3.05, 3.63) is 29.6 Å². The Balaban J connectivity index is 1.64. The Labute approximate surface area is 134 Å².